The molecule has 7 heteroatoms. The zero-order valence-corrected chi connectivity index (χ0v) is 13.9. The zero-order chi connectivity index (χ0) is 18.7. The Bertz CT molecular complexity index is 805. The smallest absolute Gasteiger partial charge is 0.481 e. The fourth-order valence-electron chi connectivity index (χ4n) is 3.11. The molecule has 0 spiro atoms. The van der Waals surface area contributed by atoms with Crippen LogP contribution in [-0.2, 0) is 24.2 Å². The average Bonchev–Trinajstić information content (AvgIpc) is 2.58. The van der Waals surface area contributed by atoms with Gasteiger partial charge in [-0.15, -0.1) is 13.2 Å². The summed E-state index contributed by atoms with van der Waals surface area (Å²) in [5, 5.41) is 8.78. The molecule has 2 aromatic rings. The Hall–Kier alpha value is -2.70. The number of hydrogen-bond donors (Lipinski definition) is 1. The van der Waals surface area contributed by atoms with E-state index >= 15 is 0 Å². The van der Waals surface area contributed by atoms with Crippen molar-refractivity contribution in [3.8, 4) is 5.75 Å². The number of carboxylic acids is 1. The largest absolute Gasteiger partial charge is 0.573 e. The van der Waals surface area contributed by atoms with Crippen molar-refractivity contribution in [2.45, 2.75) is 32.2 Å². The number of nitrogens with zero attached hydrogens (tertiary/aromatic N) is 1. The molecule has 0 bridgehead atoms. The number of aliphatic carboxylic acids is 1. The van der Waals surface area contributed by atoms with E-state index in [0.717, 1.165) is 23.1 Å². The molecular formula is C19H18F3NO3. The van der Waals surface area contributed by atoms with Crippen LogP contribution in [0.2, 0.25) is 0 Å². The van der Waals surface area contributed by atoms with Crippen molar-refractivity contribution in [3.05, 3.63) is 59.2 Å². The number of carbonyl (C=O) groups is 1. The van der Waals surface area contributed by atoms with Gasteiger partial charge in [0.2, 0.25) is 0 Å². The molecule has 138 valence electrons. The summed E-state index contributed by atoms with van der Waals surface area (Å²) in [4.78, 5) is 12.7. The number of aryl methyl sites for hydroxylation is 1. The number of fused-ring (bicyclic) bond motifs is 1. The Morgan fingerprint density at radius 1 is 1.15 bits per heavy atom. The summed E-state index contributed by atoms with van der Waals surface area (Å²) >= 11 is 0. The summed E-state index contributed by atoms with van der Waals surface area (Å²) in [7, 11) is 0. The lowest BCUT2D eigenvalue weighted by Crippen LogP contribution is -2.30. The first-order chi connectivity index (χ1) is 12.3. The third-order valence-electron chi connectivity index (χ3n) is 4.33. The van der Waals surface area contributed by atoms with Gasteiger partial charge in [-0.1, -0.05) is 24.3 Å². The molecule has 1 aliphatic heterocycles. The van der Waals surface area contributed by atoms with Crippen LogP contribution in [0.1, 0.15) is 23.1 Å². The molecule has 0 aliphatic carbocycles. The lowest BCUT2D eigenvalue weighted by molar-refractivity contribution is -0.274. The molecule has 3 rings (SSSR count). The van der Waals surface area contributed by atoms with Crippen LogP contribution in [0.15, 0.2) is 42.5 Å². The van der Waals surface area contributed by atoms with E-state index in [2.05, 4.69) is 4.74 Å². The first-order valence-electron chi connectivity index (χ1n) is 8.23. The quantitative estimate of drug-likeness (QED) is 0.864. The normalized spacial score (nSPS) is 14.0. The van der Waals surface area contributed by atoms with Crippen LogP contribution in [-0.4, -0.2) is 24.0 Å². The van der Waals surface area contributed by atoms with E-state index in [1.165, 1.54) is 12.1 Å². The van der Waals surface area contributed by atoms with Gasteiger partial charge in [-0.05, 0) is 41.7 Å². The highest BCUT2D eigenvalue weighted by Gasteiger charge is 2.31. The fourth-order valence-corrected chi connectivity index (χ4v) is 3.11. The van der Waals surface area contributed by atoms with E-state index in [1.807, 2.05) is 23.1 Å². The van der Waals surface area contributed by atoms with Crippen molar-refractivity contribution >= 4 is 11.7 Å². The van der Waals surface area contributed by atoms with Crippen LogP contribution in [0.3, 0.4) is 0 Å². The van der Waals surface area contributed by atoms with Crippen molar-refractivity contribution < 1.29 is 27.8 Å². The van der Waals surface area contributed by atoms with Gasteiger partial charge in [0, 0.05) is 31.3 Å². The van der Waals surface area contributed by atoms with E-state index in [0.29, 0.717) is 25.2 Å². The van der Waals surface area contributed by atoms with Gasteiger partial charge in [0.15, 0.2) is 0 Å². The zero-order valence-electron chi connectivity index (χ0n) is 13.9. The lowest BCUT2D eigenvalue weighted by atomic mass is 9.95. The fraction of sp³-hybridized carbons (Fsp3) is 0.316. The van der Waals surface area contributed by atoms with Crippen LogP contribution in [0, 0.1) is 0 Å². The molecule has 1 aliphatic rings. The molecule has 0 radical (unpaired) electrons. The second kappa shape index (κ2) is 7.27. The van der Waals surface area contributed by atoms with Crippen LogP contribution in [0.5, 0.6) is 5.75 Å². The third kappa shape index (κ3) is 4.68. The van der Waals surface area contributed by atoms with Gasteiger partial charge in [-0.2, -0.15) is 0 Å². The van der Waals surface area contributed by atoms with E-state index < -0.39 is 12.3 Å². The Morgan fingerprint density at radius 3 is 2.69 bits per heavy atom. The number of alkyl halides is 3. The van der Waals surface area contributed by atoms with Crippen molar-refractivity contribution in [1.82, 2.24) is 0 Å². The van der Waals surface area contributed by atoms with E-state index in [4.69, 9.17) is 5.11 Å². The molecule has 0 atom stereocenters. The Morgan fingerprint density at radius 2 is 1.96 bits per heavy atom. The molecule has 2 aromatic carbocycles. The summed E-state index contributed by atoms with van der Waals surface area (Å²) in [6.45, 7) is 1.26. The van der Waals surface area contributed by atoms with Gasteiger partial charge < -0.3 is 14.7 Å². The van der Waals surface area contributed by atoms with Crippen molar-refractivity contribution in [2.24, 2.45) is 0 Å². The number of hydrogen-bond acceptors (Lipinski definition) is 3. The van der Waals surface area contributed by atoms with E-state index in [1.54, 1.807) is 12.1 Å². The third-order valence-corrected chi connectivity index (χ3v) is 4.33. The molecular weight excluding hydrogens is 347 g/mol. The minimum Gasteiger partial charge on any atom is -0.481 e. The van der Waals surface area contributed by atoms with E-state index in [9.17, 15) is 18.0 Å². The standard InChI is InChI=1S/C19H18F3NO3/c20-19(21,22)26-17-3-1-2-16(11-17)23-9-8-14-10-13(5-7-18(24)25)4-6-15(14)12-23/h1-4,6,10-11H,5,7-9,12H2,(H,24,25). The number of benzene rings is 2. The lowest BCUT2D eigenvalue weighted by Gasteiger charge is -2.31. The maximum atomic E-state index is 12.4. The predicted octanol–water partition coefficient (Wildman–Crippen LogP) is 4.17. The monoisotopic (exact) mass is 365 g/mol. The Balaban J connectivity index is 1.72. The minimum atomic E-state index is -4.71. The maximum absolute atomic E-state index is 12.4. The van der Waals surface area contributed by atoms with Gasteiger partial charge in [0.1, 0.15) is 5.75 Å². The molecule has 0 unspecified atom stereocenters. The highest BCUT2D eigenvalue weighted by Crippen LogP contribution is 2.30. The number of ether oxygens (including phenoxy) is 1. The summed E-state index contributed by atoms with van der Waals surface area (Å²) in [5.74, 6) is -1.06. The number of halogens is 3. The molecule has 0 aromatic heterocycles. The summed E-state index contributed by atoms with van der Waals surface area (Å²) in [6.07, 6.45) is -3.37. The van der Waals surface area contributed by atoms with E-state index in [-0.39, 0.29) is 12.2 Å². The average molecular weight is 365 g/mol. The Labute approximate surface area is 148 Å². The van der Waals surface area contributed by atoms with Crippen molar-refractivity contribution in [1.29, 1.82) is 0 Å². The predicted molar refractivity (Wildman–Crippen MR) is 90.3 cm³/mol. The Kier molecular flexibility index (Phi) is 5.06. The van der Waals surface area contributed by atoms with Crippen LogP contribution >= 0.6 is 0 Å². The molecule has 1 heterocycles. The molecule has 26 heavy (non-hydrogen) atoms. The van der Waals surface area contributed by atoms with Crippen molar-refractivity contribution in [2.75, 3.05) is 11.4 Å². The van der Waals surface area contributed by atoms with Gasteiger partial charge >= 0.3 is 12.3 Å². The van der Waals surface area contributed by atoms with Crippen LogP contribution in [0.4, 0.5) is 18.9 Å². The van der Waals surface area contributed by atoms with Gasteiger partial charge in [0.05, 0.1) is 0 Å². The summed E-state index contributed by atoms with van der Waals surface area (Å²) in [6, 6.07) is 11.9. The molecule has 0 saturated carbocycles. The highest BCUT2D eigenvalue weighted by molar-refractivity contribution is 5.67. The molecule has 0 fully saturated rings. The summed E-state index contributed by atoms with van der Waals surface area (Å²) < 4.78 is 41.2. The molecule has 1 N–H and O–H groups in total. The second-order valence-corrected chi connectivity index (χ2v) is 6.21. The highest BCUT2D eigenvalue weighted by atomic mass is 19.4. The first-order valence-corrected chi connectivity index (χ1v) is 8.23. The number of rotatable bonds is 5. The summed E-state index contributed by atoms with van der Waals surface area (Å²) in [5.41, 5.74) is 3.91. The SMILES string of the molecule is O=C(O)CCc1ccc2c(c1)CCN(c1cccc(OC(F)(F)F)c1)C2. The van der Waals surface area contributed by atoms with Crippen LogP contribution < -0.4 is 9.64 Å². The number of anilines is 1. The molecule has 4 nitrogen and oxygen atoms in total. The first kappa shape index (κ1) is 18.1. The van der Waals surface area contributed by atoms with Gasteiger partial charge in [-0.3, -0.25) is 4.79 Å². The van der Waals surface area contributed by atoms with Crippen molar-refractivity contribution in [3.63, 3.8) is 0 Å². The minimum absolute atomic E-state index is 0.0942. The van der Waals surface area contributed by atoms with Crippen LogP contribution in [0.25, 0.3) is 0 Å². The second-order valence-electron chi connectivity index (χ2n) is 6.21. The molecule has 0 saturated heterocycles. The van der Waals surface area contributed by atoms with Gasteiger partial charge in [0.25, 0.3) is 0 Å². The molecule has 0 amide bonds. The number of carboxylic acid groups (broad SMARTS) is 1. The van der Waals surface area contributed by atoms with Gasteiger partial charge in [-0.25, -0.2) is 0 Å². The topological polar surface area (TPSA) is 49.8 Å². The maximum Gasteiger partial charge on any atom is 0.573 e.